The smallest absolute Gasteiger partial charge is 0.222 e. The van der Waals surface area contributed by atoms with Gasteiger partial charge in [-0.3, -0.25) is 0 Å². The fourth-order valence-electron chi connectivity index (χ4n) is 6.45. The topological polar surface area (TPSA) is 67.1 Å². The average molecular weight is 356 g/mol. The molecule has 5 nitrogen and oxygen atoms in total. The molecule has 1 atom stereocenters. The van der Waals surface area contributed by atoms with E-state index in [1.807, 2.05) is 0 Å². The van der Waals surface area contributed by atoms with Gasteiger partial charge in [0.1, 0.15) is 5.82 Å². The largest absolute Gasteiger partial charge is 0.368 e. The molecule has 1 aromatic heterocycles. The van der Waals surface area contributed by atoms with Crippen LogP contribution in [0, 0.1) is 5.41 Å². The lowest BCUT2D eigenvalue weighted by molar-refractivity contribution is 0.172. The summed E-state index contributed by atoms with van der Waals surface area (Å²) < 4.78 is 0. The molecule has 3 fully saturated rings. The highest BCUT2D eigenvalue weighted by atomic mass is 15.2. The number of nitrogens with zero attached hydrogens (tertiary/aromatic N) is 3. The Morgan fingerprint density at radius 1 is 0.923 bits per heavy atom. The molecule has 0 radical (unpaired) electrons. The molecule has 1 aromatic rings. The Labute approximate surface area is 157 Å². The fraction of sp³-hybridized carbons (Fsp3) is 0.810. The van der Waals surface area contributed by atoms with E-state index < -0.39 is 0 Å². The quantitative estimate of drug-likeness (QED) is 0.810. The first-order chi connectivity index (χ1) is 12.7. The molecule has 3 heterocycles. The molecule has 142 valence electrons. The first-order valence-electron chi connectivity index (χ1n) is 10.8. The second kappa shape index (κ2) is 6.36. The summed E-state index contributed by atoms with van der Waals surface area (Å²) >= 11 is 0. The maximum atomic E-state index is 6.25. The number of rotatable bonds is 1. The van der Waals surface area contributed by atoms with Crippen LogP contribution in [0.15, 0.2) is 0 Å². The van der Waals surface area contributed by atoms with Crippen LogP contribution in [-0.4, -0.2) is 36.1 Å². The van der Waals surface area contributed by atoms with E-state index in [2.05, 4.69) is 10.2 Å². The van der Waals surface area contributed by atoms with Crippen LogP contribution in [0.4, 0.5) is 11.8 Å². The zero-order valence-electron chi connectivity index (χ0n) is 16.0. The average Bonchev–Trinajstić information content (AvgIpc) is 3.12. The summed E-state index contributed by atoms with van der Waals surface area (Å²) in [7, 11) is 0. The van der Waals surface area contributed by atoms with Crippen molar-refractivity contribution in [1.29, 1.82) is 0 Å². The zero-order chi connectivity index (χ0) is 17.6. The van der Waals surface area contributed by atoms with Crippen LogP contribution in [0.3, 0.4) is 0 Å². The van der Waals surface area contributed by atoms with Crippen LogP contribution in [0.25, 0.3) is 0 Å². The number of nitrogen functional groups attached to an aromatic ring is 1. The van der Waals surface area contributed by atoms with E-state index in [0.717, 1.165) is 26.1 Å². The molecule has 2 saturated heterocycles. The van der Waals surface area contributed by atoms with Crippen molar-refractivity contribution in [3.8, 4) is 0 Å². The second-order valence-corrected chi connectivity index (χ2v) is 9.38. The molecule has 2 spiro atoms. The molecule has 0 amide bonds. The van der Waals surface area contributed by atoms with Crippen molar-refractivity contribution in [2.24, 2.45) is 5.41 Å². The molecular formula is C21H33N5. The summed E-state index contributed by atoms with van der Waals surface area (Å²) in [6.45, 7) is 4.60. The normalized spacial score (nSPS) is 30.7. The zero-order valence-corrected chi connectivity index (χ0v) is 16.0. The van der Waals surface area contributed by atoms with E-state index in [9.17, 15) is 0 Å². The Kier molecular flexibility index (Phi) is 4.11. The Morgan fingerprint density at radius 2 is 1.73 bits per heavy atom. The molecule has 5 rings (SSSR count). The predicted molar refractivity (Wildman–Crippen MR) is 106 cm³/mol. The van der Waals surface area contributed by atoms with E-state index in [4.69, 9.17) is 15.7 Å². The maximum Gasteiger partial charge on any atom is 0.222 e. The highest BCUT2D eigenvalue weighted by molar-refractivity contribution is 5.55. The molecule has 3 N–H and O–H groups in total. The fourth-order valence-corrected chi connectivity index (χ4v) is 6.45. The van der Waals surface area contributed by atoms with E-state index in [0.29, 0.717) is 16.8 Å². The van der Waals surface area contributed by atoms with Crippen molar-refractivity contribution < 1.29 is 0 Å². The molecule has 5 heteroatoms. The molecule has 1 saturated carbocycles. The number of fused-ring (bicyclic) bond motifs is 2. The predicted octanol–water partition coefficient (Wildman–Crippen LogP) is 3.18. The number of piperidine rings is 2. The van der Waals surface area contributed by atoms with E-state index >= 15 is 0 Å². The van der Waals surface area contributed by atoms with E-state index in [1.165, 1.54) is 87.8 Å². The molecular weight excluding hydrogens is 322 g/mol. The third-order valence-electron chi connectivity index (χ3n) is 7.67. The summed E-state index contributed by atoms with van der Waals surface area (Å²) in [4.78, 5) is 12.2. The summed E-state index contributed by atoms with van der Waals surface area (Å²) in [6, 6.07) is 0. The maximum absolute atomic E-state index is 6.25. The number of nitrogens with one attached hydrogen (secondary N) is 1. The monoisotopic (exact) mass is 355 g/mol. The Hall–Kier alpha value is -1.36. The van der Waals surface area contributed by atoms with Crippen LogP contribution in [-0.2, 0) is 11.8 Å². The Morgan fingerprint density at radius 3 is 2.54 bits per heavy atom. The first kappa shape index (κ1) is 16.8. The molecule has 2 aliphatic heterocycles. The van der Waals surface area contributed by atoms with Crippen molar-refractivity contribution in [3.05, 3.63) is 11.3 Å². The number of hydrogen-bond donors (Lipinski definition) is 2. The van der Waals surface area contributed by atoms with Crippen molar-refractivity contribution >= 4 is 11.8 Å². The summed E-state index contributed by atoms with van der Waals surface area (Å²) in [5.74, 6) is 1.68. The van der Waals surface area contributed by atoms with Gasteiger partial charge < -0.3 is 16.0 Å². The van der Waals surface area contributed by atoms with Crippen molar-refractivity contribution in [2.45, 2.75) is 76.0 Å². The van der Waals surface area contributed by atoms with Gasteiger partial charge >= 0.3 is 0 Å². The van der Waals surface area contributed by atoms with Crippen molar-refractivity contribution in [1.82, 2.24) is 15.3 Å². The van der Waals surface area contributed by atoms with Gasteiger partial charge in [0.25, 0.3) is 0 Å². The standard InChI is InChI=1S/C21H33N5/c22-19-24-17-16(6-3-11-21(17)9-1-2-10-21)18(25-19)26-13-5-8-20(15-26)7-4-12-23-14-20/h23H,1-15H2,(H2,22,24,25). The first-order valence-corrected chi connectivity index (χ1v) is 10.8. The highest BCUT2D eigenvalue weighted by Crippen LogP contribution is 2.50. The second-order valence-electron chi connectivity index (χ2n) is 9.38. The minimum absolute atomic E-state index is 0.305. The van der Waals surface area contributed by atoms with Gasteiger partial charge in [0.15, 0.2) is 0 Å². The van der Waals surface area contributed by atoms with Crippen LogP contribution < -0.4 is 16.0 Å². The Balaban J connectivity index is 1.52. The van der Waals surface area contributed by atoms with Gasteiger partial charge in [-0.05, 0) is 64.3 Å². The number of hydrogen-bond acceptors (Lipinski definition) is 5. The van der Waals surface area contributed by atoms with E-state index in [1.54, 1.807) is 0 Å². The summed E-state index contributed by atoms with van der Waals surface area (Å²) in [6.07, 6.45) is 14.3. The summed E-state index contributed by atoms with van der Waals surface area (Å²) in [5, 5.41) is 3.65. The molecule has 4 aliphatic rings. The SMILES string of the molecule is Nc1nc(N2CCCC3(CCCNC3)C2)c2c(n1)C1(CCCC1)CCC2. The van der Waals surface area contributed by atoms with Gasteiger partial charge in [0.05, 0.1) is 5.69 Å². The van der Waals surface area contributed by atoms with Gasteiger partial charge in [-0.15, -0.1) is 0 Å². The van der Waals surface area contributed by atoms with Crippen molar-refractivity contribution in [2.75, 3.05) is 36.8 Å². The summed E-state index contributed by atoms with van der Waals surface area (Å²) in [5.41, 5.74) is 9.75. The molecule has 1 unspecified atom stereocenters. The lowest BCUT2D eigenvalue weighted by Gasteiger charge is -2.47. The third kappa shape index (κ3) is 2.70. The van der Waals surface area contributed by atoms with Crippen LogP contribution in [0.5, 0.6) is 0 Å². The molecule has 0 aromatic carbocycles. The Bertz CT molecular complexity index is 668. The van der Waals surface area contributed by atoms with Crippen LogP contribution >= 0.6 is 0 Å². The van der Waals surface area contributed by atoms with Crippen LogP contribution in [0.2, 0.25) is 0 Å². The molecule has 26 heavy (non-hydrogen) atoms. The van der Waals surface area contributed by atoms with Gasteiger partial charge in [0, 0.05) is 36.0 Å². The van der Waals surface area contributed by atoms with E-state index in [-0.39, 0.29) is 0 Å². The van der Waals surface area contributed by atoms with Crippen molar-refractivity contribution in [3.63, 3.8) is 0 Å². The van der Waals surface area contributed by atoms with Gasteiger partial charge in [-0.25, -0.2) is 4.98 Å². The minimum atomic E-state index is 0.305. The van der Waals surface area contributed by atoms with Gasteiger partial charge in [-0.2, -0.15) is 4.98 Å². The molecule has 0 bridgehead atoms. The van der Waals surface area contributed by atoms with Crippen LogP contribution in [0.1, 0.15) is 75.5 Å². The number of anilines is 2. The van der Waals surface area contributed by atoms with Gasteiger partial charge in [-0.1, -0.05) is 12.8 Å². The third-order valence-corrected chi connectivity index (χ3v) is 7.67. The lowest BCUT2D eigenvalue weighted by atomic mass is 9.71. The number of nitrogens with two attached hydrogens (primary N) is 1. The van der Waals surface area contributed by atoms with Gasteiger partial charge in [0.2, 0.25) is 5.95 Å². The lowest BCUT2D eigenvalue weighted by Crippen LogP contribution is -2.51. The minimum Gasteiger partial charge on any atom is -0.368 e. The number of aromatic nitrogens is 2. The molecule has 2 aliphatic carbocycles. The highest BCUT2D eigenvalue weighted by Gasteiger charge is 2.43.